The first-order valence-electron chi connectivity index (χ1n) is 6.00. The Labute approximate surface area is 99.6 Å². The van der Waals surface area contributed by atoms with Crippen LogP contribution in [0.3, 0.4) is 0 Å². The van der Waals surface area contributed by atoms with Crippen molar-refractivity contribution in [3.05, 3.63) is 29.7 Å². The van der Waals surface area contributed by atoms with Gasteiger partial charge in [0.25, 0.3) is 0 Å². The SMILES string of the molecule is NCc1ccn2c(C3CCOCC3)nnc2c1. The number of hydrogen-bond donors (Lipinski definition) is 1. The van der Waals surface area contributed by atoms with Crippen molar-refractivity contribution < 1.29 is 4.74 Å². The molecule has 5 nitrogen and oxygen atoms in total. The molecule has 1 aliphatic heterocycles. The van der Waals surface area contributed by atoms with Crippen molar-refractivity contribution in [3.8, 4) is 0 Å². The number of nitrogens with zero attached hydrogens (tertiary/aromatic N) is 3. The number of pyridine rings is 1. The van der Waals surface area contributed by atoms with Crippen molar-refractivity contribution >= 4 is 5.65 Å². The molecule has 0 radical (unpaired) electrons. The van der Waals surface area contributed by atoms with Gasteiger partial charge < -0.3 is 10.5 Å². The number of fused-ring (bicyclic) bond motifs is 1. The van der Waals surface area contributed by atoms with Gasteiger partial charge in [-0.15, -0.1) is 10.2 Å². The summed E-state index contributed by atoms with van der Waals surface area (Å²) < 4.78 is 7.44. The van der Waals surface area contributed by atoms with Gasteiger partial charge in [-0.05, 0) is 30.5 Å². The molecular weight excluding hydrogens is 216 g/mol. The van der Waals surface area contributed by atoms with Crippen LogP contribution in [0.25, 0.3) is 5.65 Å². The Morgan fingerprint density at radius 3 is 2.94 bits per heavy atom. The van der Waals surface area contributed by atoms with Crippen LogP contribution in [-0.4, -0.2) is 27.8 Å². The van der Waals surface area contributed by atoms with Gasteiger partial charge in [0.05, 0.1) is 0 Å². The van der Waals surface area contributed by atoms with E-state index in [9.17, 15) is 0 Å². The number of ether oxygens (including phenoxy) is 1. The highest BCUT2D eigenvalue weighted by molar-refractivity contribution is 5.41. The normalized spacial score (nSPS) is 17.7. The zero-order valence-corrected chi connectivity index (χ0v) is 9.67. The summed E-state index contributed by atoms with van der Waals surface area (Å²) in [6.07, 6.45) is 4.07. The van der Waals surface area contributed by atoms with E-state index in [1.165, 1.54) is 0 Å². The fraction of sp³-hybridized carbons (Fsp3) is 0.500. The van der Waals surface area contributed by atoms with Crippen LogP contribution in [-0.2, 0) is 11.3 Å². The van der Waals surface area contributed by atoms with Crippen LogP contribution in [0, 0.1) is 0 Å². The van der Waals surface area contributed by atoms with E-state index in [0.29, 0.717) is 12.5 Å². The van der Waals surface area contributed by atoms with Gasteiger partial charge in [0.1, 0.15) is 5.82 Å². The van der Waals surface area contributed by atoms with Gasteiger partial charge in [0.2, 0.25) is 0 Å². The van der Waals surface area contributed by atoms with Gasteiger partial charge in [-0.1, -0.05) is 0 Å². The van der Waals surface area contributed by atoms with Crippen LogP contribution in [0.15, 0.2) is 18.3 Å². The van der Waals surface area contributed by atoms with Gasteiger partial charge in [-0.25, -0.2) is 0 Å². The molecule has 2 aromatic rings. The Morgan fingerprint density at radius 1 is 1.35 bits per heavy atom. The van der Waals surface area contributed by atoms with E-state index in [1.54, 1.807) is 0 Å². The van der Waals surface area contributed by atoms with Crippen molar-refractivity contribution in [2.24, 2.45) is 5.73 Å². The van der Waals surface area contributed by atoms with Crippen molar-refractivity contribution in [2.45, 2.75) is 25.3 Å². The first kappa shape index (κ1) is 10.7. The number of rotatable bonds is 2. The second-order valence-electron chi connectivity index (χ2n) is 4.41. The zero-order chi connectivity index (χ0) is 11.7. The molecule has 1 fully saturated rings. The molecule has 1 saturated heterocycles. The van der Waals surface area contributed by atoms with E-state index in [1.807, 2.05) is 18.3 Å². The highest BCUT2D eigenvalue weighted by Gasteiger charge is 2.20. The molecule has 3 heterocycles. The van der Waals surface area contributed by atoms with E-state index in [2.05, 4.69) is 14.6 Å². The molecular formula is C12H16N4O. The Morgan fingerprint density at radius 2 is 2.18 bits per heavy atom. The van der Waals surface area contributed by atoms with Crippen molar-refractivity contribution in [2.75, 3.05) is 13.2 Å². The Kier molecular flexibility index (Phi) is 2.78. The van der Waals surface area contributed by atoms with Crippen LogP contribution in [0.2, 0.25) is 0 Å². The van der Waals surface area contributed by atoms with Gasteiger partial charge in [-0.3, -0.25) is 4.40 Å². The summed E-state index contributed by atoms with van der Waals surface area (Å²) in [5.41, 5.74) is 7.59. The fourth-order valence-corrected chi connectivity index (χ4v) is 2.31. The highest BCUT2D eigenvalue weighted by atomic mass is 16.5. The molecule has 2 aromatic heterocycles. The minimum absolute atomic E-state index is 0.461. The van der Waals surface area contributed by atoms with Gasteiger partial charge in [-0.2, -0.15) is 0 Å². The monoisotopic (exact) mass is 232 g/mol. The molecule has 5 heteroatoms. The van der Waals surface area contributed by atoms with E-state index in [-0.39, 0.29) is 0 Å². The molecule has 3 rings (SSSR count). The summed E-state index contributed by atoms with van der Waals surface area (Å²) in [4.78, 5) is 0. The van der Waals surface area contributed by atoms with Crippen molar-refractivity contribution in [1.82, 2.24) is 14.6 Å². The lowest BCUT2D eigenvalue weighted by molar-refractivity contribution is 0.0834. The molecule has 0 bridgehead atoms. The van der Waals surface area contributed by atoms with Crippen LogP contribution < -0.4 is 5.73 Å². The number of aromatic nitrogens is 3. The topological polar surface area (TPSA) is 65.4 Å². The summed E-state index contributed by atoms with van der Waals surface area (Å²) in [5.74, 6) is 1.51. The average Bonchev–Trinajstić information content (AvgIpc) is 2.82. The molecule has 90 valence electrons. The van der Waals surface area contributed by atoms with Gasteiger partial charge in [0.15, 0.2) is 5.65 Å². The summed E-state index contributed by atoms with van der Waals surface area (Å²) in [6, 6.07) is 4.02. The maximum absolute atomic E-state index is 5.62. The van der Waals surface area contributed by atoms with Gasteiger partial charge in [0, 0.05) is 31.9 Å². The quantitative estimate of drug-likeness (QED) is 0.841. The van der Waals surface area contributed by atoms with Crippen LogP contribution in [0.1, 0.15) is 30.1 Å². The van der Waals surface area contributed by atoms with Crippen LogP contribution in [0.5, 0.6) is 0 Å². The minimum Gasteiger partial charge on any atom is -0.381 e. The smallest absolute Gasteiger partial charge is 0.161 e. The molecule has 1 aliphatic rings. The largest absolute Gasteiger partial charge is 0.381 e. The second kappa shape index (κ2) is 4.43. The molecule has 0 saturated carbocycles. The van der Waals surface area contributed by atoms with E-state index < -0.39 is 0 Å². The Bertz CT molecular complexity index is 516. The second-order valence-corrected chi connectivity index (χ2v) is 4.41. The van der Waals surface area contributed by atoms with Gasteiger partial charge >= 0.3 is 0 Å². The third-order valence-electron chi connectivity index (χ3n) is 3.32. The third-order valence-corrected chi connectivity index (χ3v) is 3.32. The zero-order valence-electron chi connectivity index (χ0n) is 9.67. The molecule has 0 spiro atoms. The maximum Gasteiger partial charge on any atom is 0.161 e. The molecule has 0 atom stereocenters. The Balaban J connectivity index is 1.99. The minimum atomic E-state index is 0.461. The van der Waals surface area contributed by atoms with E-state index in [0.717, 1.165) is 43.1 Å². The van der Waals surface area contributed by atoms with E-state index >= 15 is 0 Å². The first-order valence-corrected chi connectivity index (χ1v) is 6.00. The van der Waals surface area contributed by atoms with Crippen molar-refractivity contribution in [1.29, 1.82) is 0 Å². The average molecular weight is 232 g/mol. The predicted molar refractivity (Wildman–Crippen MR) is 63.7 cm³/mol. The molecule has 0 aromatic carbocycles. The number of hydrogen-bond acceptors (Lipinski definition) is 4. The molecule has 2 N–H and O–H groups in total. The van der Waals surface area contributed by atoms with Crippen LogP contribution in [0.4, 0.5) is 0 Å². The fourth-order valence-electron chi connectivity index (χ4n) is 2.31. The number of nitrogens with two attached hydrogens (primary N) is 1. The highest BCUT2D eigenvalue weighted by Crippen LogP contribution is 2.25. The lowest BCUT2D eigenvalue weighted by atomic mass is 9.99. The molecule has 0 aliphatic carbocycles. The summed E-state index contributed by atoms with van der Waals surface area (Å²) >= 11 is 0. The summed E-state index contributed by atoms with van der Waals surface area (Å²) in [5, 5.41) is 8.53. The van der Waals surface area contributed by atoms with Crippen LogP contribution >= 0.6 is 0 Å². The molecule has 0 unspecified atom stereocenters. The maximum atomic E-state index is 5.62. The molecule has 17 heavy (non-hydrogen) atoms. The first-order chi connectivity index (χ1) is 8.38. The third kappa shape index (κ3) is 1.92. The lowest BCUT2D eigenvalue weighted by Gasteiger charge is -2.20. The van der Waals surface area contributed by atoms with E-state index in [4.69, 9.17) is 10.5 Å². The lowest BCUT2D eigenvalue weighted by Crippen LogP contribution is -2.16. The molecule has 0 amide bonds. The predicted octanol–water partition coefficient (Wildman–Crippen LogP) is 1.08. The van der Waals surface area contributed by atoms with Crippen molar-refractivity contribution in [3.63, 3.8) is 0 Å². The standard InChI is InChI=1S/C12H16N4O/c13-8-9-1-4-16-11(7-9)14-15-12(16)10-2-5-17-6-3-10/h1,4,7,10H,2-3,5-6,8,13H2. The summed E-state index contributed by atoms with van der Waals surface area (Å²) in [6.45, 7) is 2.18. The summed E-state index contributed by atoms with van der Waals surface area (Å²) in [7, 11) is 0. The Hall–Kier alpha value is -1.46.